The molecule has 0 saturated carbocycles. The second-order valence-electron chi connectivity index (χ2n) is 11.7. The van der Waals surface area contributed by atoms with Crippen molar-refractivity contribution in [3.8, 4) is 5.75 Å². The average molecular weight is 759 g/mol. The molecule has 0 radical (unpaired) electrons. The number of nitrogens with one attached hydrogen (secondary N) is 3. The van der Waals surface area contributed by atoms with E-state index in [1.807, 2.05) is 103 Å². The van der Waals surface area contributed by atoms with Crippen molar-refractivity contribution in [2.45, 2.75) is 16.8 Å². The number of rotatable bonds is 13. The van der Waals surface area contributed by atoms with Crippen LogP contribution in [0.4, 0.5) is 11.4 Å². The lowest BCUT2D eigenvalue weighted by atomic mass is 10.1. The van der Waals surface area contributed by atoms with Crippen molar-refractivity contribution >= 4 is 70.1 Å². The Morgan fingerprint density at radius 2 is 1.34 bits per heavy atom. The third kappa shape index (κ3) is 10.6. The molecule has 1 atom stereocenters. The van der Waals surface area contributed by atoms with Gasteiger partial charge in [0.2, 0.25) is 5.91 Å². The lowest BCUT2D eigenvalue weighted by molar-refractivity contribution is -0.116. The number of anilines is 2. The molecule has 0 aliphatic heterocycles. The standard InChI is InChI=1S/C43H33Cl2N3O4S/c44-33-18-25-37(45)38(27-33)47-43(51)40(31-12-6-2-7-13-31)53-36-23-19-34(20-24-36)46-42(50)39(48-41(49)32-14-8-3-9-15-32)26-29-16-21-35(22-17-29)52-28-30-10-4-1-5-11-30/h1-27,40H,28H2,(H,46,50)(H,47,51)(H,48,49)/b39-26-. The van der Waals surface area contributed by atoms with Gasteiger partial charge in [-0.1, -0.05) is 114 Å². The third-order valence-electron chi connectivity index (χ3n) is 7.86. The van der Waals surface area contributed by atoms with Gasteiger partial charge >= 0.3 is 0 Å². The Bertz CT molecular complexity index is 2200. The van der Waals surface area contributed by atoms with Gasteiger partial charge in [-0.2, -0.15) is 0 Å². The summed E-state index contributed by atoms with van der Waals surface area (Å²) in [5, 5.41) is 8.76. The van der Waals surface area contributed by atoms with Crippen LogP contribution in [0, 0.1) is 0 Å². The van der Waals surface area contributed by atoms with E-state index >= 15 is 0 Å². The van der Waals surface area contributed by atoms with Crippen molar-refractivity contribution in [1.82, 2.24) is 5.32 Å². The molecule has 6 rings (SSSR count). The van der Waals surface area contributed by atoms with Crippen molar-refractivity contribution in [3.05, 3.63) is 196 Å². The summed E-state index contributed by atoms with van der Waals surface area (Å²) >= 11 is 13.8. The number of benzene rings is 6. The Labute approximate surface area is 322 Å². The second-order valence-corrected chi connectivity index (χ2v) is 13.7. The SMILES string of the molecule is O=C(Nc1ccc(SC(C(=O)Nc2cc(Cl)ccc2Cl)c2ccccc2)cc1)/C(=C/c1ccc(OCc2ccccc2)cc1)NC(=O)c1ccccc1. The van der Waals surface area contributed by atoms with Crippen LogP contribution >= 0.6 is 35.0 Å². The number of halogens is 2. The monoisotopic (exact) mass is 757 g/mol. The molecule has 0 fully saturated rings. The number of hydrogen-bond acceptors (Lipinski definition) is 5. The summed E-state index contributed by atoms with van der Waals surface area (Å²) in [5.41, 5.74) is 3.90. The zero-order valence-corrected chi connectivity index (χ0v) is 30.5. The fraction of sp³-hybridized carbons (Fsp3) is 0.0465. The van der Waals surface area contributed by atoms with Gasteiger partial charge in [-0.05, 0) is 89.5 Å². The van der Waals surface area contributed by atoms with Crippen LogP contribution in [0.5, 0.6) is 5.75 Å². The van der Waals surface area contributed by atoms with Crippen molar-refractivity contribution < 1.29 is 19.1 Å². The highest BCUT2D eigenvalue weighted by molar-refractivity contribution is 8.00. The van der Waals surface area contributed by atoms with Gasteiger partial charge in [0, 0.05) is 21.2 Å². The first kappa shape index (κ1) is 37.0. The predicted octanol–water partition coefficient (Wildman–Crippen LogP) is 10.5. The van der Waals surface area contributed by atoms with E-state index in [0.29, 0.717) is 44.9 Å². The van der Waals surface area contributed by atoms with E-state index in [2.05, 4.69) is 16.0 Å². The number of ether oxygens (including phenoxy) is 1. The van der Waals surface area contributed by atoms with E-state index in [4.69, 9.17) is 27.9 Å². The first-order valence-electron chi connectivity index (χ1n) is 16.5. The second kappa shape index (κ2) is 18.1. The summed E-state index contributed by atoms with van der Waals surface area (Å²) in [6, 6.07) is 47.2. The summed E-state index contributed by atoms with van der Waals surface area (Å²) in [5.74, 6) is -0.545. The van der Waals surface area contributed by atoms with Crippen molar-refractivity contribution in [1.29, 1.82) is 0 Å². The van der Waals surface area contributed by atoms with Crippen molar-refractivity contribution in [2.75, 3.05) is 10.6 Å². The molecule has 0 bridgehead atoms. The highest BCUT2D eigenvalue weighted by atomic mass is 35.5. The van der Waals surface area contributed by atoms with Gasteiger partial charge in [-0.15, -0.1) is 11.8 Å². The largest absolute Gasteiger partial charge is 0.489 e. The minimum atomic E-state index is -0.621. The van der Waals surface area contributed by atoms with Crippen LogP contribution < -0.4 is 20.7 Å². The number of thioether (sulfide) groups is 1. The molecule has 7 nitrogen and oxygen atoms in total. The smallest absolute Gasteiger partial charge is 0.272 e. The maximum atomic E-state index is 13.7. The molecule has 53 heavy (non-hydrogen) atoms. The minimum Gasteiger partial charge on any atom is -0.489 e. The summed E-state index contributed by atoms with van der Waals surface area (Å²) in [7, 11) is 0. The van der Waals surface area contributed by atoms with Crippen LogP contribution in [0.1, 0.15) is 32.3 Å². The number of carbonyl (C=O) groups is 3. The zero-order valence-electron chi connectivity index (χ0n) is 28.2. The lowest BCUT2D eigenvalue weighted by Crippen LogP contribution is -2.30. The van der Waals surface area contributed by atoms with E-state index in [-0.39, 0.29) is 11.6 Å². The number of hydrogen-bond donors (Lipinski definition) is 3. The maximum absolute atomic E-state index is 13.7. The molecule has 0 spiro atoms. The van der Waals surface area contributed by atoms with Gasteiger partial charge < -0.3 is 20.7 Å². The van der Waals surface area contributed by atoms with E-state index in [9.17, 15) is 14.4 Å². The van der Waals surface area contributed by atoms with Crippen LogP contribution in [0.15, 0.2) is 168 Å². The summed E-state index contributed by atoms with van der Waals surface area (Å²) in [6.07, 6.45) is 1.61. The minimum absolute atomic E-state index is 0.0516. The van der Waals surface area contributed by atoms with Gasteiger partial charge in [-0.25, -0.2) is 0 Å². The van der Waals surface area contributed by atoms with Crippen molar-refractivity contribution in [3.63, 3.8) is 0 Å². The van der Waals surface area contributed by atoms with Crippen LogP contribution in [0.3, 0.4) is 0 Å². The first-order chi connectivity index (χ1) is 25.8. The van der Waals surface area contributed by atoms with E-state index in [1.165, 1.54) is 11.8 Å². The number of amides is 3. The molecule has 0 aromatic heterocycles. The summed E-state index contributed by atoms with van der Waals surface area (Å²) in [6.45, 7) is 0.423. The molecular weight excluding hydrogens is 725 g/mol. The summed E-state index contributed by atoms with van der Waals surface area (Å²) < 4.78 is 5.90. The Balaban J connectivity index is 1.17. The Morgan fingerprint density at radius 1 is 0.698 bits per heavy atom. The van der Waals surface area contributed by atoms with Crippen LogP contribution in [0.2, 0.25) is 10.0 Å². The fourth-order valence-electron chi connectivity index (χ4n) is 5.15. The van der Waals surface area contributed by atoms with E-state index in [0.717, 1.165) is 16.0 Å². The van der Waals surface area contributed by atoms with Crippen LogP contribution in [-0.2, 0) is 16.2 Å². The molecule has 0 aliphatic carbocycles. The Kier molecular flexibility index (Phi) is 12.6. The van der Waals surface area contributed by atoms with Gasteiger partial charge in [0.15, 0.2) is 0 Å². The molecular formula is C43H33Cl2N3O4S. The molecule has 3 N–H and O–H groups in total. The van der Waals surface area contributed by atoms with Gasteiger partial charge in [-0.3, -0.25) is 14.4 Å². The lowest BCUT2D eigenvalue weighted by Gasteiger charge is -2.18. The Hall–Kier alpha value is -5.80. The highest BCUT2D eigenvalue weighted by Crippen LogP contribution is 2.37. The fourth-order valence-corrected chi connectivity index (χ4v) is 6.52. The molecule has 0 saturated heterocycles. The quantitative estimate of drug-likeness (QED) is 0.0805. The number of carbonyl (C=O) groups excluding carboxylic acids is 3. The molecule has 6 aromatic carbocycles. The Morgan fingerprint density at radius 3 is 2.02 bits per heavy atom. The molecule has 3 amide bonds. The molecule has 10 heteroatoms. The summed E-state index contributed by atoms with van der Waals surface area (Å²) in [4.78, 5) is 41.2. The normalized spacial score (nSPS) is 11.6. The third-order valence-corrected chi connectivity index (χ3v) is 9.69. The van der Waals surface area contributed by atoms with E-state index in [1.54, 1.807) is 60.7 Å². The predicted molar refractivity (Wildman–Crippen MR) is 214 cm³/mol. The molecule has 0 heterocycles. The van der Waals surface area contributed by atoms with Crippen molar-refractivity contribution in [2.24, 2.45) is 0 Å². The average Bonchev–Trinajstić information content (AvgIpc) is 3.19. The maximum Gasteiger partial charge on any atom is 0.272 e. The van der Waals surface area contributed by atoms with E-state index < -0.39 is 17.1 Å². The first-order valence-corrected chi connectivity index (χ1v) is 18.2. The zero-order chi connectivity index (χ0) is 37.0. The topological polar surface area (TPSA) is 96.5 Å². The molecule has 264 valence electrons. The molecule has 6 aromatic rings. The highest BCUT2D eigenvalue weighted by Gasteiger charge is 2.23. The molecule has 1 unspecified atom stereocenters. The van der Waals surface area contributed by atoms with Gasteiger partial charge in [0.05, 0.1) is 10.7 Å². The van der Waals surface area contributed by atoms with Gasteiger partial charge in [0.1, 0.15) is 23.3 Å². The molecule has 0 aliphatic rings. The van der Waals surface area contributed by atoms with Crippen LogP contribution in [0.25, 0.3) is 6.08 Å². The van der Waals surface area contributed by atoms with Crippen LogP contribution in [-0.4, -0.2) is 17.7 Å². The van der Waals surface area contributed by atoms with Gasteiger partial charge in [0.25, 0.3) is 11.8 Å².